The largest absolute Gasteiger partial charge is 0.490 e. The molecule has 0 radical (unpaired) electrons. The Labute approximate surface area is 189 Å². The second-order valence-electron chi connectivity index (χ2n) is 8.41. The molecule has 1 amide bonds. The smallest absolute Gasteiger partial charge is 0.475 e. The lowest BCUT2D eigenvalue weighted by Crippen LogP contribution is -2.43. The van der Waals surface area contributed by atoms with E-state index in [2.05, 4.69) is 46.8 Å². The SMILES string of the molecule is Cc1cccc(CNCc2nnn3c2C(=O)N(CC2CCCC2)CC3)c1.O=C(O)C(F)(F)F. The van der Waals surface area contributed by atoms with E-state index >= 15 is 0 Å². The van der Waals surface area contributed by atoms with Crippen LogP contribution in [-0.4, -0.2) is 56.1 Å². The molecule has 0 spiro atoms. The molecule has 1 fully saturated rings. The maximum Gasteiger partial charge on any atom is 0.490 e. The summed E-state index contributed by atoms with van der Waals surface area (Å²) < 4.78 is 33.5. The summed E-state index contributed by atoms with van der Waals surface area (Å²) in [5.41, 5.74) is 3.92. The Morgan fingerprint density at radius 2 is 1.91 bits per heavy atom. The van der Waals surface area contributed by atoms with Gasteiger partial charge in [-0.1, -0.05) is 47.9 Å². The van der Waals surface area contributed by atoms with Crippen LogP contribution in [0.25, 0.3) is 0 Å². The number of hydrogen-bond acceptors (Lipinski definition) is 5. The molecule has 11 heteroatoms. The van der Waals surface area contributed by atoms with E-state index < -0.39 is 12.1 Å². The number of aromatic nitrogens is 3. The highest BCUT2D eigenvalue weighted by molar-refractivity contribution is 5.94. The van der Waals surface area contributed by atoms with E-state index in [0.717, 1.165) is 31.9 Å². The molecule has 2 aromatic rings. The van der Waals surface area contributed by atoms with Crippen LogP contribution in [-0.2, 0) is 24.4 Å². The van der Waals surface area contributed by atoms with Crippen LogP contribution in [0.5, 0.6) is 0 Å². The second kappa shape index (κ2) is 10.8. The van der Waals surface area contributed by atoms with E-state index in [1.165, 1.54) is 36.8 Å². The van der Waals surface area contributed by atoms with Crippen molar-refractivity contribution in [1.29, 1.82) is 0 Å². The van der Waals surface area contributed by atoms with Crippen molar-refractivity contribution in [3.05, 3.63) is 46.8 Å². The number of aliphatic carboxylic acids is 1. The number of benzene rings is 1. The molecule has 2 aliphatic rings. The Bertz CT molecular complexity index is 970. The highest BCUT2D eigenvalue weighted by Gasteiger charge is 2.38. The molecule has 2 N–H and O–H groups in total. The average molecular weight is 467 g/mol. The molecule has 0 saturated heterocycles. The number of fused-ring (bicyclic) bond motifs is 1. The molecule has 33 heavy (non-hydrogen) atoms. The summed E-state index contributed by atoms with van der Waals surface area (Å²) in [6.07, 6.45) is 0.0407. The van der Waals surface area contributed by atoms with Crippen LogP contribution in [0.2, 0.25) is 0 Å². The van der Waals surface area contributed by atoms with Gasteiger partial charge in [0.1, 0.15) is 5.69 Å². The van der Waals surface area contributed by atoms with Gasteiger partial charge in [-0.3, -0.25) is 4.79 Å². The van der Waals surface area contributed by atoms with E-state index in [9.17, 15) is 18.0 Å². The Hall–Kier alpha value is -2.95. The van der Waals surface area contributed by atoms with Gasteiger partial charge in [-0.2, -0.15) is 13.2 Å². The van der Waals surface area contributed by atoms with E-state index in [-0.39, 0.29) is 5.91 Å². The number of aryl methyl sites for hydroxylation is 1. The molecule has 0 bridgehead atoms. The lowest BCUT2D eigenvalue weighted by Gasteiger charge is -2.29. The Balaban J connectivity index is 0.000000383. The third kappa shape index (κ3) is 6.77. The number of amides is 1. The van der Waals surface area contributed by atoms with Gasteiger partial charge < -0.3 is 15.3 Å². The molecule has 1 aromatic heterocycles. The van der Waals surface area contributed by atoms with Gasteiger partial charge in [-0.05, 0) is 31.2 Å². The number of hydrogen-bond donors (Lipinski definition) is 2. The summed E-state index contributed by atoms with van der Waals surface area (Å²) in [5.74, 6) is -1.99. The summed E-state index contributed by atoms with van der Waals surface area (Å²) in [6, 6.07) is 8.44. The number of carbonyl (C=O) groups excluding carboxylic acids is 1. The average Bonchev–Trinajstić information content (AvgIpc) is 3.40. The molecule has 2 heterocycles. The van der Waals surface area contributed by atoms with E-state index in [1.807, 2.05) is 4.90 Å². The first-order valence-electron chi connectivity index (χ1n) is 10.9. The predicted octanol–water partition coefficient (Wildman–Crippen LogP) is 3.16. The van der Waals surface area contributed by atoms with E-state index in [4.69, 9.17) is 9.90 Å². The quantitative estimate of drug-likeness (QED) is 0.677. The minimum absolute atomic E-state index is 0.0977. The lowest BCUT2D eigenvalue weighted by molar-refractivity contribution is -0.192. The number of carboxylic acids is 1. The number of halogens is 3. The van der Waals surface area contributed by atoms with Gasteiger partial charge in [-0.15, -0.1) is 5.10 Å². The Morgan fingerprint density at radius 3 is 2.55 bits per heavy atom. The van der Waals surface area contributed by atoms with Crippen LogP contribution in [0.15, 0.2) is 24.3 Å². The van der Waals surface area contributed by atoms with Crippen molar-refractivity contribution in [3.8, 4) is 0 Å². The zero-order chi connectivity index (χ0) is 24.0. The molecule has 8 nitrogen and oxygen atoms in total. The number of carbonyl (C=O) groups is 2. The molecule has 0 atom stereocenters. The molecular weight excluding hydrogens is 439 g/mol. The first-order chi connectivity index (χ1) is 15.6. The topological polar surface area (TPSA) is 100 Å². The number of alkyl halides is 3. The lowest BCUT2D eigenvalue weighted by atomic mass is 10.1. The fraction of sp³-hybridized carbons (Fsp3) is 0.545. The third-order valence-corrected chi connectivity index (χ3v) is 5.78. The van der Waals surface area contributed by atoms with Crippen LogP contribution in [0.4, 0.5) is 13.2 Å². The molecule has 1 aliphatic heterocycles. The first kappa shape index (κ1) is 24.7. The summed E-state index contributed by atoms with van der Waals surface area (Å²) in [6.45, 7) is 5.80. The second-order valence-corrected chi connectivity index (χ2v) is 8.41. The summed E-state index contributed by atoms with van der Waals surface area (Å²) in [7, 11) is 0. The highest BCUT2D eigenvalue weighted by Crippen LogP contribution is 2.27. The van der Waals surface area contributed by atoms with Gasteiger partial charge in [0.05, 0.1) is 6.54 Å². The molecule has 1 aromatic carbocycles. The van der Waals surface area contributed by atoms with Gasteiger partial charge >= 0.3 is 12.1 Å². The first-order valence-corrected chi connectivity index (χ1v) is 10.9. The van der Waals surface area contributed by atoms with Gasteiger partial charge in [0.15, 0.2) is 5.69 Å². The normalized spacial score (nSPS) is 16.4. The summed E-state index contributed by atoms with van der Waals surface area (Å²) in [4.78, 5) is 23.9. The van der Waals surface area contributed by atoms with Crippen LogP contribution >= 0.6 is 0 Å². The molecule has 180 valence electrons. The summed E-state index contributed by atoms with van der Waals surface area (Å²) >= 11 is 0. The van der Waals surface area contributed by atoms with Gasteiger partial charge in [0, 0.05) is 26.2 Å². The van der Waals surface area contributed by atoms with Crippen molar-refractivity contribution < 1.29 is 27.9 Å². The molecule has 0 unspecified atom stereocenters. The third-order valence-electron chi connectivity index (χ3n) is 5.78. The fourth-order valence-electron chi connectivity index (χ4n) is 4.15. The number of carboxylic acid groups (broad SMARTS) is 1. The number of nitrogens with one attached hydrogen (secondary N) is 1. The minimum Gasteiger partial charge on any atom is -0.475 e. The van der Waals surface area contributed by atoms with Crippen LogP contribution in [0, 0.1) is 12.8 Å². The molecule has 1 saturated carbocycles. The number of rotatable bonds is 6. The van der Waals surface area contributed by atoms with Gasteiger partial charge in [0.25, 0.3) is 5.91 Å². The Morgan fingerprint density at radius 1 is 1.21 bits per heavy atom. The maximum absolute atomic E-state index is 13.0. The van der Waals surface area contributed by atoms with E-state index in [0.29, 0.717) is 18.2 Å². The molecule has 1 aliphatic carbocycles. The zero-order valence-corrected chi connectivity index (χ0v) is 18.4. The van der Waals surface area contributed by atoms with Crippen molar-refractivity contribution in [2.24, 2.45) is 5.92 Å². The van der Waals surface area contributed by atoms with Gasteiger partial charge in [-0.25, -0.2) is 9.48 Å². The summed E-state index contributed by atoms with van der Waals surface area (Å²) in [5, 5.41) is 19.0. The van der Waals surface area contributed by atoms with Crippen molar-refractivity contribution in [3.63, 3.8) is 0 Å². The predicted molar refractivity (Wildman–Crippen MR) is 113 cm³/mol. The number of nitrogens with zero attached hydrogens (tertiary/aromatic N) is 4. The standard InChI is InChI=1S/C20H27N5O.C2HF3O2/c1-15-5-4-8-17(11-15)12-21-13-18-19-20(26)24(9-10-25(19)23-22-18)14-16-6-2-3-7-16;3-2(4,5)1(6)7/h4-5,8,11,16,21H,2-3,6-7,9-10,12-14H2,1H3;(H,6,7). The van der Waals surface area contributed by atoms with Crippen LogP contribution in [0.1, 0.15) is 53.0 Å². The van der Waals surface area contributed by atoms with Crippen molar-refractivity contribution in [1.82, 2.24) is 25.2 Å². The molecular formula is C22H28F3N5O3. The van der Waals surface area contributed by atoms with Crippen molar-refractivity contribution in [2.45, 2.75) is 58.4 Å². The highest BCUT2D eigenvalue weighted by atomic mass is 19.4. The monoisotopic (exact) mass is 467 g/mol. The zero-order valence-electron chi connectivity index (χ0n) is 18.4. The van der Waals surface area contributed by atoms with Crippen molar-refractivity contribution in [2.75, 3.05) is 13.1 Å². The van der Waals surface area contributed by atoms with Crippen LogP contribution < -0.4 is 5.32 Å². The molecule has 4 rings (SSSR count). The Kier molecular flexibility index (Phi) is 8.06. The minimum atomic E-state index is -5.08. The van der Waals surface area contributed by atoms with Gasteiger partial charge in [0.2, 0.25) is 0 Å². The fourth-order valence-corrected chi connectivity index (χ4v) is 4.15. The maximum atomic E-state index is 13.0. The van der Waals surface area contributed by atoms with E-state index in [1.54, 1.807) is 4.68 Å². The van der Waals surface area contributed by atoms with Crippen LogP contribution in [0.3, 0.4) is 0 Å². The van der Waals surface area contributed by atoms with Crippen molar-refractivity contribution >= 4 is 11.9 Å².